The van der Waals surface area contributed by atoms with Crippen LogP contribution in [0, 0.1) is 0 Å². The van der Waals surface area contributed by atoms with Crippen molar-refractivity contribution in [2.45, 2.75) is 25.9 Å². The number of pyridine rings is 1. The molecule has 0 atom stereocenters. The largest absolute Gasteiger partial charge is 0.333 e. The Kier molecular flexibility index (Phi) is 3.53. The molecule has 0 unspecified atom stereocenters. The molecule has 2 N–H and O–H groups in total. The number of nitrogens with zero attached hydrogens (tertiary/aromatic N) is 2. The predicted molar refractivity (Wildman–Crippen MR) is 71.6 cm³/mol. The Morgan fingerprint density at radius 1 is 1.47 bits per heavy atom. The molecule has 0 spiro atoms. The summed E-state index contributed by atoms with van der Waals surface area (Å²) in [6, 6.07) is 3.78. The van der Waals surface area contributed by atoms with Gasteiger partial charge >= 0.3 is 0 Å². The molecule has 1 aliphatic heterocycles. The van der Waals surface area contributed by atoms with E-state index in [1.54, 1.807) is 24.9 Å². The van der Waals surface area contributed by atoms with Crippen LogP contribution in [-0.2, 0) is 16.1 Å². The zero-order chi connectivity index (χ0) is 14.0. The van der Waals surface area contributed by atoms with Crippen molar-refractivity contribution in [2.24, 2.45) is 0 Å². The number of anilines is 1. The van der Waals surface area contributed by atoms with Crippen LogP contribution in [0.2, 0.25) is 0 Å². The molecule has 1 saturated heterocycles. The first-order valence-electron chi connectivity index (χ1n) is 6.17. The van der Waals surface area contributed by atoms with E-state index in [1.807, 2.05) is 19.2 Å². The minimum absolute atomic E-state index is 0.131. The lowest BCUT2D eigenvalue weighted by Crippen LogP contribution is -2.64. The maximum absolute atomic E-state index is 12.0. The molecular formula is C13H18N4O2. The first-order chi connectivity index (χ1) is 8.96. The Morgan fingerprint density at radius 2 is 2.21 bits per heavy atom. The fraction of sp³-hybridized carbons (Fsp3) is 0.462. The molecule has 1 fully saturated rings. The van der Waals surface area contributed by atoms with E-state index in [2.05, 4.69) is 15.6 Å². The van der Waals surface area contributed by atoms with Crippen molar-refractivity contribution in [1.29, 1.82) is 0 Å². The van der Waals surface area contributed by atoms with Crippen LogP contribution in [-0.4, -0.2) is 35.9 Å². The van der Waals surface area contributed by atoms with Crippen LogP contribution in [0.1, 0.15) is 19.4 Å². The van der Waals surface area contributed by atoms with Crippen LogP contribution in [0.3, 0.4) is 0 Å². The molecule has 0 radical (unpaired) electrons. The monoisotopic (exact) mass is 262 g/mol. The minimum atomic E-state index is -0.801. The maximum Gasteiger partial charge on any atom is 0.251 e. The maximum atomic E-state index is 12.0. The van der Waals surface area contributed by atoms with Gasteiger partial charge in [-0.3, -0.25) is 14.9 Å². The van der Waals surface area contributed by atoms with Crippen LogP contribution in [0.25, 0.3) is 0 Å². The smallest absolute Gasteiger partial charge is 0.251 e. The summed E-state index contributed by atoms with van der Waals surface area (Å²) in [5.74, 6) is 0.0697. The Bertz CT molecular complexity index is 513. The predicted octanol–water partition coefficient (Wildman–Crippen LogP) is 0.0424. The number of nitrogens with one attached hydrogen (secondary N) is 2. The summed E-state index contributed by atoms with van der Waals surface area (Å²) in [6.45, 7) is 4.33. The molecule has 2 rings (SSSR count). The van der Waals surface area contributed by atoms with Crippen molar-refractivity contribution in [2.75, 3.05) is 18.5 Å². The third kappa shape index (κ3) is 2.44. The van der Waals surface area contributed by atoms with Gasteiger partial charge in [-0.25, -0.2) is 4.98 Å². The Labute approximate surface area is 112 Å². The molecule has 1 aromatic heterocycles. The van der Waals surface area contributed by atoms with E-state index in [1.165, 1.54) is 0 Å². The van der Waals surface area contributed by atoms with E-state index in [0.717, 1.165) is 5.56 Å². The highest BCUT2D eigenvalue weighted by Gasteiger charge is 2.42. The number of hydrogen-bond acceptors (Lipinski definition) is 5. The first kappa shape index (κ1) is 13.5. The molecule has 2 amide bonds. The van der Waals surface area contributed by atoms with Gasteiger partial charge in [0, 0.05) is 18.3 Å². The standard InChI is InChI=1S/C13H18N4O2/c1-13(2)12(19)16-10(18)8-17(13)11-9(7-14-3)5-4-6-15-11/h4-6,14H,7-8H2,1-3H3,(H,16,18,19). The molecule has 0 aromatic carbocycles. The van der Waals surface area contributed by atoms with Crippen molar-refractivity contribution >= 4 is 17.6 Å². The van der Waals surface area contributed by atoms with Crippen molar-refractivity contribution in [3.63, 3.8) is 0 Å². The summed E-state index contributed by atoms with van der Waals surface area (Å²) in [7, 11) is 1.84. The van der Waals surface area contributed by atoms with Crippen LogP contribution >= 0.6 is 0 Å². The third-order valence-corrected chi connectivity index (χ3v) is 3.28. The summed E-state index contributed by atoms with van der Waals surface area (Å²) >= 11 is 0. The lowest BCUT2D eigenvalue weighted by atomic mass is 9.98. The van der Waals surface area contributed by atoms with Gasteiger partial charge < -0.3 is 10.2 Å². The Morgan fingerprint density at radius 3 is 2.89 bits per heavy atom. The second-order valence-corrected chi connectivity index (χ2v) is 5.04. The highest BCUT2D eigenvalue weighted by atomic mass is 16.2. The van der Waals surface area contributed by atoms with Gasteiger partial charge in [-0.05, 0) is 27.0 Å². The van der Waals surface area contributed by atoms with Crippen molar-refractivity contribution < 1.29 is 9.59 Å². The molecular weight excluding hydrogens is 244 g/mol. The summed E-state index contributed by atoms with van der Waals surface area (Å²) in [5.41, 5.74) is 0.158. The number of carbonyl (C=O) groups is 2. The number of piperazine rings is 1. The topological polar surface area (TPSA) is 74.3 Å². The van der Waals surface area contributed by atoms with Gasteiger partial charge in [-0.1, -0.05) is 6.07 Å². The van der Waals surface area contributed by atoms with E-state index < -0.39 is 5.54 Å². The average Bonchev–Trinajstić information content (AvgIpc) is 2.35. The first-order valence-corrected chi connectivity index (χ1v) is 6.17. The highest BCUT2D eigenvalue weighted by Crippen LogP contribution is 2.27. The van der Waals surface area contributed by atoms with Crippen LogP contribution < -0.4 is 15.5 Å². The SMILES string of the molecule is CNCc1cccnc1N1CC(=O)NC(=O)C1(C)C. The van der Waals surface area contributed by atoms with E-state index in [0.29, 0.717) is 12.4 Å². The number of carbonyl (C=O) groups excluding carboxylic acids is 2. The van der Waals surface area contributed by atoms with Crippen LogP contribution in [0.5, 0.6) is 0 Å². The van der Waals surface area contributed by atoms with Gasteiger partial charge in [-0.2, -0.15) is 0 Å². The molecule has 1 aliphatic rings. The summed E-state index contributed by atoms with van der Waals surface area (Å²) in [5, 5.41) is 5.42. The van der Waals surface area contributed by atoms with Crippen molar-refractivity contribution in [3.8, 4) is 0 Å². The second-order valence-electron chi connectivity index (χ2n) is 5.04. The lowest BCUT2D eigenvalue weighted by Gasteiger charge is -2.41. The Balaban J connectivity index is 2.44. The van der Waals surface area contributed by atoms with Gasteiger partial charge in [0.05, 0.1) is 6.54 Å². The molecule has 1 aromatic rings. The quantitative estimate of drug-likeness (QED) is 0.753. The number of aromatic nitrogens is 1. The van der Waals surface area contributed by atoms with E-state index in [9.17, 15) is 9.59 Å². The van der Waals surface area contributed by atoms with Gasteiger partial charge in [0.25, 0.3) is 5.91 Å². The van der Waals surface area contributed by atoms with Gasteiger partial charge in [-0.15, -0.1) is 0 Å². The van der Waals surface area contributed by atoms with Gasteiger partial charge in [0.1, 0.15) is 11.4 Å². The molecule has 2 heterocycles. The molecule has 0 aliphatic carbocycles. The molecule has 0 bridgehead atoms. The summed E-state index contributed by atoms with van der Waals surface area (Å²) < 4.78 is 0. The molecule has 6 heteroatoms. The normalized spacial score (nSPS) is 18.4. The van der Waals surface area contributed by atoms with Crippen LogP contribution in [0.4, 0.5) is 5.82 Å². The number of amides is 2. The number of rotatable bonds is 3. The average molecular weight is 262 g/mol. The molecule has 6 nitrogen and oxygen atoms in total. The molecule has 0 saturated carbocycles. The van der Waals surface area contributed by atoms with Crippen molar-refractivity contribution in [3.05, 3.63) is 23.9 Å². The number of hydrogen-bond donors (Lipinski definition) is 2. The van der Waals surface area contributed by atoms with Gasteiger partial charge in [0.15, 0.2) is 0 Å². The zero-order valence-electron chi connectivity index (χ0n) is 11.4. The van der Waals surface area contributed by atoms with Crippen molar-refractivity contribution in [1.82, 2.24) is 15.6 Å². The number of imide groups is 1. The zero-order valence-corrected chi connectivity index (χ0v) is 11.4. The third-order valence-electron chi connectivity index (χ3n) is 3.28. The molecule has 102 valence electrons. The molecule has 19 heavy (non-hydrogen) atoms. The minimum Gasteiger partial charge on any atom is -0.333 e. The van der Waals surface area contributed by atoms with Gasteiger partial charge in [0.2, 0.25) is 5.91 Å². The van der Waals surface area contributed by atoms with E-state index >= 15 is 0 Å². The summed E-state index contributed by atoms with van der Waals surface area (Å²) in [6.07, 6.45) is 1.67. The fourth-order valence-electron chi connectivity index (χ4n) is 2.12. The van der Waals surface area contributed by atoms with Crippen LogP contribution in [0.15, 0.2) is 18.3 Å². The van der Waals surface area contributed by atoms with E-state index in [-0.39, 0.29) is 18.4 Å². The summed E-state index contributed by atoms with van der Waals surface area (Å²) in [4.78, 5) is 29.6. The second kappa shape index (κ2) is 4.97. The highest BCUT2D eigenvalue weighted by molar-refractivity contribution is 6.06. The Hall–Kier alpha value is -1.95. The van der Waals surface area contributed by atoms with E-state index in [4.69, 9.17) is 0 Å². The lowest BCUT2D eigenvalue weighted by molar-refractivity contribution is -0.135. The fourth-order valence-corrected chi connectivity index (χ4v) is 2.12.